The van der Waals surface area contributed by atoms with Crippen molar-refractivity contribution in [2.45, 2.75) is 13.0 Å². The molecule has 0 aliphatic heterocycles. The molecule has 0 aliphatic rings. The van der Waals surface area contributed by atoms with Crippen LogP contribution in [0.4, 0.5) is 5.82 Å². The van der Waals surface area contributed by atoms with Gasteiger partial charge in [0.05, 0.1) is 6.20 Å². The van der Waals surface area contributed by atoms with Gasteiger partial charge >= 0.3 is 0 Å². The number of rotatable bonds is 6. The van der Waals surface area contributed by atoms with Crippen molar-refractivity contribution < 1.29 is 14.2 Å². The minimum Gasteiger partial charge on any atom is -0.289 e. The third kappa shape index (κ3) is 3.95. The summed E-state index contributed by atoms with van der Waals surface area (Å²) in [5.74, 6) is 0.366. The Bertz CT molecular complexity index is 895. The van der Waals surface area contributed by atoms with Crippen LogP contribution in [0.15, 0.2) is 85.1 Å². The maximum absolute atomic E-state index is 13.3. The van der Waals surface area contributed by atoms with Crippen LogP contribution in [-0.2, 0) is 4.79 Å². The number of ketones is 1. The molecule has 0 aliphatic carbocycles. The summed E-state index contributed by atoms with van der Waals surface area (Å²) in [4.78, 5) is 24.6. The van der Waals surface area contributed by atoms with E-state index in [1.54, 1.807) is 0 Å². The van der Waals surface area contributed by atoms with Gasteiger partial charge in [-0.2, -0.15) is 10.9 Å². The lowest BCUT2D eigenvalue weighted by molar-refractivity contribution is -0.685. The summed E-state index contributed by atoms with van der Waals surface area (Å²) in [6.45, 7) is 1.42. The first kappa shape index (κ1) is 17.4. The smallest absolute Gasteiger partial charge is 0.289 e. The summed E-state index contributed by atoms with van der Waals surface area (Å²) in [6.07, 6.45) is 1.82. The minimum absolute atomic E-state index is 0.0288. The number of pyridine rings is 1. The van der Waals surface area contributed by atoms with E-state index >= 15 is 0 Å². The number of carbonyl (C=O) groups excluding carboxylic acids is 2. The molecule has 0 radical (unpaired) electrons. The van der Waals surface area contributed by atoms with E-state index in [0.717, 1.165) is 5.56 Å². The quantitative estimate of drug-likeness (QED) is 0.410. The van der Waals surface area contributed by atoms with Crippen LogP contribution in [0.3, 0.4) is 0 Å². The zero-order valence-electron chi connectivity index (χ0n) is 14.4. The van der Waals surface area contributed by atoms with Crippen molar-refractivity contribution in [1.29, 1.82) is 0 Å². The molecule has 2 aromatic carbocycles. The third-order valence-corrected chi connectivity index (χ3v) is 3.96. The second-order valence-corrected chi connectivity index (χ2v) is 5.84. The Kier molecular flexibility index (Phi) is 5.39. The topological polar surface area (TPSA) is 62.1 Å². The van der Waals surface area contributed by atoms with Crippen LogP contribution in [0, 0.1) is 0 Å². The van der Waals surface area contributed by atoms with Gasteiger partial charge in [0.15, 0.2) is 6.04 Å². The summed E-state index contributed by atoms with van der Waals surface area (Å²) in [6, 6.07) is 23.7. The zero-order chi connectivity index (χ0) is 18.4. The first-order chi connectivity index (χ1) is 12.7. The largest absolute Gasteiger partial charge is 0.298 e. The lowest BCUT2D eigenvalue weighted by Crippen LogP contribution is -2.48. The predicted octanol–water partition coefficient (Wildman–Crippen LogP) is 2.91. The van der Waals surface area contributed by atoms with E-state index in [-0.39, 0.29) is 11.7 Å². The second kappa shape index (κ2) is 8.07. The van der Waals surface area contributed by atoms with Gasteiger partial charge in [-0.25, -0.2) is 4.57 Å². The van der Waals surface area contributed by atoms with Crippen molar-refractivity contribution in [1.82, 2.24) is 5.43 Å². The van der Waals surface area contributed by atoms with Crippen molar-refractivity contribution in [3.8, 4) is 0 Å². The van der Waals surface area contributed by atoms with E-state index in [4.69, 9.17) is 0 Å². The van der Waals surface area contributed by atoms with Crippen LogP contribution < -0.4 is 15.4 Å². The number of aromatic nitrogens is 1. The van der Waals surface area contributed by atoms with Crippen molar-refractivity contribution >= 4 is 17.5 Å². The maximum atomic E-state index is 13.3. The number of hydrazine groups is 1. The van der Waals surface area contributed by atoms with Gasteiger partial charge in [-0.1, -0.05) is 66.7 Å². The molecule has 0 saturated heterocycles. The Morgan fingerprint density at radius 3 is 2.12 bits per heavy atom. The Hall–Kier alpha value is -3.47. The number of anilines is 1. The Morgan fingerprint density at radius 1 is 0.846 bits per heavy atom. The van der Waals surface area contributed by atoms with Crippen LogP contribution in [0.5, 0.6) is 0 Å². The van der Waals surface area contributed by atoms with E-state index in [0.29, 0.717) is 11.4 Å². The molecule has 2 N–H and O–H groups in total. The van der Waals surface area contributed by atoms with Crippen molar-refractivity contribution in [3.63, 3.8) is 0 Å². The number of nitrogens with zero attached hydrogens (tertiary/aromatic N) is 1. The van der Waals surface area contributed by atoms with E-state index in [1.807, 2.05) is 89.6 Å². The molecule has 1 aromatic heterocycles. The summed E-state index contributed by atoms with van der Waals surface area (Å²) in [7, 11) is 0. The van der Waals surface area contributed by atoms with Crippen molar-refractivity contribution in [2.75, 3.05) is 5.43 Å². The lowest BCUT2D eigenvalue weighted by Gasteiger charge is -2.17. The summed E-state index contributed by atoms with van der Waals surface area (Å²) < 4.78 is 1.82. The first-order valence-corrected chi connectivity index (χ1v) is 8.34. The van der Waals surface area contributed by atoms with Crippen LogP contribution in [0.2, 0.25) is 0 Å². The molecule has 1 heterocycles. The fourth-order valence-corrected chi connectivity index (χ4v) is 2.77. The summed E-state index contributed by atoms with van der Waals surface area (Å²) in [5.41, 5.74) is 6.94. The van der Waals surface area contributed by atoms with Gasteiger partial charge in [-0.05, 0) is 6.07 Å². The SMILES string of the molecule is CC(=O)NNc1cccc[n+]1C(C(=O)c1ccccc1)c1ccccc1. The van der Waals surface area contributed by atoms with E-state index in [2.05, 4.69) is 10.9 Å². The summed E-state index contributed by atoms with van der Waals surface area (Å²) in [5, 5.41) is 0. The number of benzene rings is 2. The molecular formula is C21H20N3O2+. The highest BCUT2D eigenvalue weighted by Gasteiger charge is 2.29. The Balaban J connectivity index is 2.08. The number of Topliss-reactive ketones (excluding diaryl/α,β-unsaturated/α-hetero) is 1. The molecule has 1 amide bonds. The van der Waals surface area contributed by atoms with Crippen molar-refractivity contribution in [2.24, 2.45) is 0 Å². The molecule has 0 spiro atoms. The third-order valence-electron chi connectivity index (χ3n) is 3.96. The monoisotopic (exact) mass is 346 g/mol. The molecule has 5 heteroatoms. The van der Waals surface area contributed by atoms with E-state index in [9.17, 15) is 9.59 Å². The fraction of sp³-hybridized carbons (Fsp3) is 0.0952. The second-order valence-electron chi connectivity index (χ2n) is 5.84. The first-order valence-electron chi connectivity index (χ1n) is 8.34. The standard InChI is InChI=1S/C21H19N3O2/c1-16(25)22-23-19-14-8-9-15-24(19)20(17-10-4-2-5-11-17)21(26)18-12-6-3-7-13-18/h2-15,20H,1H3,(H,22,25)/p+1. The van der Waals surface area contributed by atoms with Gasteiger partial charge in [0, 0.05) is 24.1 Å². The van der Waals surface area contributed by atoms with Gasteiger partial charge < -0.3 is 0 Å². The molecule has 26 heavy (non-hydrogen) atoms. The normalized spacial score (nSPS) is 11.4. The number of nitrogens with one attached hydrogen (secondary N) is 2. The highest BCUT2D eigenvalue weighted by Crippen LogP contribution is 2.20. The zero-order valence-corrected chi connectivity index (χ0v) is 14.4. The number of hydrogen-bond acceptors (Lipinski definition) is 3. The van der Waals surface area contributed by atoms with Crippen molar-refractivity contribution in [3.05, 3.63) is 96.2 Å². The molecule has 1 atom stereocenters. The van der Waals surface area contributed by atoms with Gasteiger partial charge in [-0.3, -0.25) is 9.59 Å². The van der Waals surface area contributed by atoms with Crippen LogP contribution in [0.25, 0.3) is 0 Å². The van der Waals surface area contributed by atoms with Gasteiger partial charge in [-0.15, -0.1) is 0 Å². The van der Waals surface area contributed by atoms with Crippen LogP contribution in [-0.4, -0.2) is 11.7 Å². The molecule has 5 nitrogen and oxygen atoms in total. The van der Waals surface area contributed by atoms with Gasteiger partial charge in [0.1, 0.15) is 0 Å². The predicted molar refractivity (Wildman–Crippen MR) is 99.4 cm³/mol. The molecule has 0 saturated carbocycles. The average molecular weight is 346 g/mol. The molecule has 0 bridgehead atoms. The summed E-state index contributed by atoms with van der Waals surface area (Å²) >= 11 is 0. The average Bonchev–Trinajstić information content (AvgIpc) is 2.69. The maximum Gasteiger partial charge on any atom is 0.298 e. The molecule has 130 valence electrons. The highest BCUT2D eigenvalue weighted by molar-refractivity contribution is 5.99. The van der Waals surface area contributed by atoms with E-state index < -0.39 is 6.04 Å². The molecule has 0 fully saturated rings. The van der Waals surface area contributed by atoms with Gasteiger partial charge in [0.2, 0.25) is 5.78 Å². The molecule has 3 aromatic rings. The number of hydrogen-bond donors (Lipinski definition) is 2. The number of carbonyl (C=O) groups is 2. The fourth-order valence-electron chi connectivity index (χ4n) is 2.77. The highest BCUT2D eigenvalue weighted by atomic mass is 16.2. The Labute approximate surface area is 152 Å². The van der Waals surface area contributed by atoms with Crippen LogP contribution >= 0.6 is 0 Å². The van der Waals surface area contributed by atoms with E-state index in [1.165, 1.54) is 6.92 Å². The molecule has 1 unspecified atom stereocenters. The lowest BCUT2D eigenvalue weighted by atomic mass is 9.97. The Morgan fingerprint density at radius 2 is 1.46 bits per heavy atom. The van der Waals surface area contributed by atoms with Crippen LogP contribution in [0.1, 0.15) is 28.9 Å². The molecule has 3 rings (SSSR count). The minimum atomic E-state index is -0.559. The number of amides is 1. The van der Waals surface area contributed by atoms with Gasteiger partial charge in [0.25, 0.3) is 11.7 Å². The molecular weight excluding hydrogens is 326 g/mol.